The third kappa shape index (κ3) is 3.34. The molecular formula is C16H19F2NO2. The Labute approximate surface area is 122 Å². The number of amides is 1. The second-order valence-corrected chi connectivity index (χ2v) is 6.06. The molecular weight excluding hydrogens is 276 g/mol. The summed E-state index contributed by atoms with van der Waals surface area (Å²) < 4.78 is 29.1. The number of carbonyl (C=O) groups excluding carboxylic acids is 1. The van der Waals surface area contributed by atoms with Crippen molar-refractivity contribution in [1.82, 2.24) is 0 Å². The molecule has 0 spiro atoms. The molecule has 3 atom stereocenters. The van der Waals surface area contributed by atoms with Gasteiger partial charge in [-0.1, -0.05) is 18.6 Å². The molecule has 0 aromatic heterocycles. The van der Waals surface area contributed by atoms with Crippen LogP contribution < -0.4 is 10.1 Å². The van der Waals surface area contributed by atoms with Gasteiger partial charge in [0, 0.05) is 6.42 Å². The van der Waals surface area contributed by atoms with Crippen LogP contribution in [-0.2, 0) is 4.79 Å². The zero-order valence-electron chi connectivity index (χ0n) is 11.7. The largest absolute Gasteiger partial charge is 0.433 e. The molecule has 0 aliphatic heterocycles. The molecule has 2 fully saturated rings. The highest BCUT2D eigenvalue weighted by molar-refractivity contribution is 5.92. The number of nitrogens with one attached hydrogen (secondary N) is 1. The Balaban J connectivity index is 1.60. The van der Waals surface area contributed by atoms with Crippen LogP contribution in [0.2, 0.25) is 0 Å². The first-order valence-corrected chi connectivity index (χ1v) is 7.45. The van der Waals surface area contributed by atoms with Crippen molar-refractivity contribution >= 4 is 11.6 Å². The van der Waals surface area contributed by atoms with E-state index in [4.69, 9.17) is 0 Å². The first-order chi connectivity index (χ1) is 10.1. The van der Waals surface area contributed by atoms with E-state index in [0.717, 1.165) is 12.3 Å². The molecule has 0 heterocycles. The highest BCUT2D eigenvalue weighted by Gasteiger charge is 2.40. The van der Waals surface area contributed by atoms with E-state index in [1.165, 1.54) is 25.3 Å². The Morgan fingerprint density at radius 1 is 1.29 bits per heavy atom. The zero-order chi connectivity index (χ0) is 14.8. The lowest BCUT2D eigenvalue weighted by Crippen LogP contribution is -2.20. The molecule has 114 valence electrons. The number of halogens is 2. The molecule has 2 saturated carbocycles. The van der Waals surface area contributed by atoms with Crippen molar-refractivity contribution in [2.45, 2.75) is 38.7 Å². The maximum atomic E-state index is 12.3. The van der Waals surface area contributed by atoms with Gasteiger partial charge in [-0.15, -0.1) is 0 Å². The van der Waals surface area contributed by atoms with E-state index in [9.17, 15) is 13.6 Å². The quantitative estimate of drug-likeness (QED) is 0.890. The number of alkyl halides is 2. The minimum Gasteiger partial charge on any atom is -0.433 e. The van der Waals surface area contributed by atoms with E-state index in [-0.39, 0.29) is 11.7 Å². The highest BCUT2D eigenvalue weighted by Crippen LogP contribution is 2.49. The highest BCUT2D eigenvalue weighted by atomic mass is 19.3. The summed E-state index contributed by atoms with van der Waals surface area (Å²) in [5.41, 5.74) is 0.311. The summed E-state index contributed by atoms with van der Waals surface area (Å²) in [4.78, 5) is 12.1. The van der Waals surface area contributed by atoms with Gasteiger partial charge in [0.05, 0.1) is 5.69 Å². The van der Waals surface area contributed by atoms with Gasteiger partial charge in [0.2, 0.25) is 5.91 Å². The number of para-hydroxylation sites is 2. The molecule has 2 aliphatic rings. The minimum atomic E-state index is -2.89. The van der Waals surface area contributed by atoms with Crippen molar-refractivity contribution in [3.05, 3.63) is 24.3 Å². The molecule has 1 aromatic rings. The third-order valence-corrected chi connectivity index (χ3v) is 4.71. The fourth-order valence-corrected chi connectivity index (χ4v) is 3.83. The predicted octanol–water partition coefficient (Wildman–Crippen LogP) is 4.05. The summed E-state index contributed by atoms with van der Waals surface area (Å²) in [6, 6.07) is 6.30. The second kappa shape index (κ2) is 6.00. The molecule has 1 aromatic carbocycles. The Kier molecular flexibility index (Phi) is 4.08. The van der Waals surface area contributed by atoms with Crippen LogP contribution in [0.4, 0.5) is 14.5 Å². The van der Waals surface area contributed by atoms with Crippen LogP contribution in [0.5, 0.6) is 5.75 Å². The van der Waals surface area contributed by atoms with Gasteiger partial charge in [0.25, 0.3) is 0 Å². The van der Waals surface area contributed by atoms with Gasteiger partial charge in [0.1, 0.15) is 5.75 Å². The topological polar surface area (TPSA) is 38.3 Å². The van der Waals surface area contributed by atoms with E-state index >= 15 is 0 Å². The Hall–Kier alpha value is -1.65. The monoisotopic (exact) mass is 295 g/mol. The number of anilines is 1. The van der Waals surface area contributed by atoms with E-state index < -0.39 is 6.61 Å². The standard InChI is InChI=1S/C16H19F2NO2/c17-16(18)21-14-4-2-1-3-13(14)19-15(20)9-12-8-10-5-6-11(12)7-10/h1-4,10-12,16H,5-9H2,(H,19,20)/t10-,11+,12-/m1/s1. The normalized spacial score (nSPS) is 27.1. The van der Waals surface area contributed by atoms with Gasteiger partial charge in [-0.2, -0.15) is 8.78 Å². The summed E-state index contributed by atoms with van der Waals surface area (Å²) in [5, 5.41) is 2.70. The number of fused-ring (bicyclic) bond motifs is 2. The zero-order valence-corrected chi connectivity index (χ0v) is 11.7. The Morgan fingerprint density at radius 3 is 2.76 bits per heavy atom. The summed E-state index contributed by atoms with van der Waals surface area (Å²) in [5.74, 6) is 1.81. The first-order valence-electron chi connectivity index (χ1n) is 7.45. The molecule has 5 heteroatoms. The van der Waals surface area contributed by atoms with Gasteiger partial charge in [0.15, 0.2) is 0 Å². The number of carbonyl (C=O) groups is 1. The van der Waals surface area contributed by atoms with Gasteiger partial charge < -0.3 is 10.1 Å². The molecule has 0 saturated heterocycles. The van der Waals surface area contributed by atoms with Crippen LogP contribution in [0.1, 0.15) is 32.1 Å². The number of hydrogen-bond donors (Lipinski definition) is 1. The van der Waals surface area contributed by atoms with Crippen LogP contribution in [0.3, 0.4) is 0 Å². The number of ether oxygens (including phenoxy) is 1. The molecule has 1 amide bonds. The second-order valence-electron chi connectivity index (χ2n) is 6.06. The summed E-state index contributed by atoms with van der Waals surface area (Å²) in [7, 11) is 0. The van der Waals surface area contributed by atoms with Crippen molar-refractivity contribution in [3.8, 4) is 5.75 Å². The lowest BCUT2D eigenvalue weighted by Gasteiger charge is -2.21. The molecule has 3 nitrogen and oxygen atoms in total. The average Bonchev–Trinajstić information content (AvgIpc) is 3.02. The van der Waals surface area contributed by atoms with Crippen LogP contribution in [-0.4, -0.2) is 12.5 Å². The maximum Gasteiger partial charge on any atom is 0.387 e. The first kappa shape index (κ1) is 14.3. The molecule has 3 rings (SSSR count). The Morgan fingerprint density at radius 2 is 2.10 bits per heavy atom. The van der Waals surface area contributed by atoms with Crippen molar-refractivity contribution < 1.29 is 18.3 Å². The van der Waals surface area contributed by atoms with Gasteiger partial charge in [-0.05, 0) is 49.1 Å². The van der Waals surface area contributed by atoms with Crippen LogP contribution in [0.25, 0.3) is 0 Å². The minimum absolute atomic E-state index is 0.00814. The van der Waals surface area contributed by atoms with E-state index in [1.807, 2.05) is 0 Å². The Bertz CT molecular complexity index is 521. The smallest absolute Gasteiger partial charge is 0.387 e. The van der Waals surface area contributed by atoms with Crippen LogP contribution in [0, 0.1) is 17.8 Å². The van der Waals surface area contributed by atoms with Crippen molar-refractivity contribution in [2.75, 3.05) is 5.32 Å². The van der Waals surface area contributed by atoms with Crippen molar-refractivity contribution in [2.24, 2.45) is 17.8 Å². The van der Waals surface area contributed by atoms with E-state index in [0.29, 0.717) is 23.9 Å². The van der Waals surface area contributed by atoms with Crippen molar-refractivity contribution in [3.63, 3.8) is 0 Å². The molecule has 0 unspecified atom stereocenters. The molecule has 21 heavy (non-hydrogen) atoms. The predicted molar refractivity (Wildman–Crippen MR) is 75.3 cm³/mol. The summed E-state index contributed by atoms with van der Waals surface area (Å²) in [6.45, 7) is -2.89. The van der Waals surface area contributed by atoms with Gasteiger partial charge >= 0.3 is 6.61 Å². The van der Waals surface area contributed by atoms with E-state index in [2.05, 4.69) is 10.1 Å². The molecule has 2 bridgehead atoms. The molecule has 2 aliphatic carbocycles. The number of rotatable bonds is 5. The third-order valence-electron chi connectivity index (χ3n) is 4.71. The lowest BCUT2D eigenvalue weighted by atomic mass is 9.86. The fourth-order valence-electron chi connectivity index (χ4n) is 3.83. The molecule has 1 N–H and O–H groups in total. The summed E-state index contributed by atoms with van der Waals surface area (Å²) in [6.07, 6.45) is 5.39. The number of benzene rings is 1. The maximum absolute atomic E-state index is 12.3. The summed E-state index contributed by atoms with van der Waals surface area (Å²) >= 11 is 0. The van der Waals surface area contributed by atoms with E-state index in [1.54, 1.807) is 18.2 Å². The fraction of sp³-hybridized carbons (Fsp3) is 0.562. The van der Waals surface area contributed by atoms with Gasteiger partial charge in [-0.25, -0.2) is 0 Å². The SMILES string of the molecule is O=C(C[C@H]1C[C@@H]2CC[C@H]1C2)Nc1ccccc1OC(F)F. The molecule has 0 radical (unpaired) electrons. The van der Waals surface area contributed by atoms with Crippen LogP contribution >= 0.6 is 0 Å². The van der Waals surface area contributed by atoms with Gasteiger partial charge in [-0.3, -0.25) is 4.79 Å². The van der Waals surface area contributed by atoms with Crippen molar-refractivity contribution in [1.29, 1.82) is 0 Å². The number of hydrogen-bond acceptors (Lipinski definition) is 2. The van der Waals surface area contributed by atoms with Crippen LogP contribution in [0.15, 0.2) is 24.3 Å². The lowest BCUT2D eigenvalue weighted by molar-refractivity contribution is -0.117. The average molecular weight is 295 g/mol.